The van der Waals surface area contributed by atoms with Crippen LogP contribution in [0.2, 0.25) is 0 Å². The molecule has 0 N–H and O–H groups in total. The smallest absolute Gasteiger partial charge is 0.272 e. The van der Waals surface area contributed by atoms with Gasteiger partial charge in [0.2, 0.25) is 0 Å². The van der Waals surface area contributed by atoms with Gasteiger partial charge in [-0.15, -0.1) is 0 Å². The SMILES string of the molecule is CCN(C(=O)c1ccnc(C(=O)N2CCN(C)CC2)c1)C1CCS(=O)(=O)C1. The van der Waals surface area contributed by atoms with E-state index < -0.39 is 9.84 Å². The van der Waals surface area contributed by atoms with E-state index in [1.807, 2.05) is 14.0 Å². The van der Waals surface area contributed by atoms with Crippen molar-refractivity contribution >= 4 is 21.7 Å². The summed E-state index contributed by atoms with van der Waals surface area (Å²) in [6, 6.07) is 2.79. The molecule has 0 aliphatic carbocycles. The second kappa shape index (κ2) is 7.93. The first-order valence-corrected chi connectivity index (χ1v) is 11.1. The van der Waals surface area contributed by atoms with E-state index >= 15 is 0 Å². The lowest BCUT2D eigenvalue weighted by molar-refractivity contribution is 0.0658. The Morgan fingerprint density at radius 3 is 2.56 bits per heavy atom. The summed E-state index contributed by atoms with van der Waals surface area (Å²) in [7, 11) is -1.06. The van der Waals surface area contributed by atoms with E-state index in [9.17, 15) is 18.0 Å². The van der Waals surface area contributed by atoms with Crippen molar-refractivity contribution in [3.05, 3.63) is 29.6 Å². The van der Waals surface area contributed by atoms with E-state index in [0.29, 0.717) is 31.6 Å². The van der Waals surface area contributed by atoms with Crippen LogP contribution in [-0.2, 0) is 9.84 Å². The van der Waals surface area contributed by atoms with E-state index in [2.05, 4.69) is 9.88 Å². The van der Waals surface area contributed by atoms with Crippen molar-refractivity contribution in [2.45, 2.75) is 19.4 Å². The number of sulfone groups is 1. The second-order valence-corrected chi connectivity index (χ2v) is 9.40. The third-order valence-electron chi connectivity index (χ3n) is 5.27. The molecule has 1 unspecified atom stereocenters. The van der Waals surface area contributed by atoms with Gasteiger partial charge in [0.15, 0.2) is 9.84 Å². The molecule has 2 amide bonds. The van der Waals surface area contributed by atoms with Gasteiger partial charge in [0.1, 0.15) is 5.69 Å². The van der Waals surface area contributed by atoms with Crippen molar-refractivity contribution in [3.8, 4) is 0 Å². The molecule has 3 heterocycles. The van der Waals surface area contributed by atoms with E-state index in [1.165, 1.54) is 12.3 Å². The summed E-state index contributed by atoms with van der Waals surface area (Å²) in [4.78, 5) is 35.3. The maximum atomic E-state index is 12.9. The van der Waals surface area contributed by atoms with Crippen LogP contribution in [0.5, 0.6) is 0 Å². The molecule has 0 radical (unpaired) electrons. The van der Waals surface area contributed by atoms with Crippen LogP contribution in [0.4, 0.5) is 0 Å². The van der Waals surface area contributed by atoms with Crippen molar-refractivity contribution in [2.75, 3.05) is 51.3 Å². The second-order valence-electron chi connectivity index (χ2n) is 7.17. The topological polar surface area (TPSA) is 90.9 Å². The van der Waals surface area contributed by atoms with Crippen LogP contribution in [0.15, 0.2) is 18.3 Å². The van der Waals surface area contributed by atoms with Gasteiger partial charge >= 0.3 is 0 Å². The molecule has 1 aromatic heterocycles. The van der Waals surface area contributed by atoms with Crippen LogP contribution in [-0.4, -0.2) is 97.2 Å². The molecule has 0 saturated carbocycles. The third-order valence-corrected chi connectivity index (χ3v) is 7.02. The number of nitrogens with zero attached hydrogens (tertiary/aromatic N) is 4. The quantitative estimate of drug-likeness (QED) is 0.720. The van der Waals surface area contributed by atoms with Gasteiger partial charge in [0.05, 0.1) is 11.5 Å². The minimum absolute atomic E-state index is 0.00471. The fraction of sp³-hybridized carbons (Fsp3) is 0.611. The number of rotatable bonds is 4. The van der Waals surface area contributed by atoms with Crippen molar-refractivity contribution in [2.24, 2.45) is 0 Å². The van der Waals surface area contributed by atoms with Gasteiger partial charge < -0.3 is 14.7 Å². The standard InChI is InChI=1S/C18H26N4O4S/c1-3-22(15-5-11-27(25,26)13-15)17(23)14-4-6-19-16(12-14)18(24)21-9-7-20(2)8-10-21/h4,6,12,15H,3,5,7-11,13H2,1-2H3. The monoisotopic (exact) mass is 394 g/mol. The van der Waals surface area contributed by atoms with Gasteiger partial charge in [0.25, 0.3) is 11.8 Å². The number of amides is 2. The zero-order valence-electron chi connectivity index (χ0n) is 15.8. The molecule has 8 nitrogen and oxygen atoms in total. The molecular formula is C18H26N4O4S. The molecule has 0 spiro atoms. The van der Waals surface area contributed by atoms with Crippen molar-refractivity contribution < 1.29 is 18.0 Å². The summed E-state index contributed by atoms with van der Waals surface area (Å²) in [6.45, 7) is 5.14. The van der Waals surface area contributed by atoms with E-state index in [0.717, 1.165) is 13.1 Å². The van der Waals surface area contributed by atoms with Crippen LogP contribution in [0.1, 0.15) is 34.2 Å². The van der Waals surface area contributed by atoms with Gasteiger partial charge in [-0.25, -0.2) is 8.42 Å². The number of hydrogen-bond donors (Lipinski definition) is 0. The van der Waals surface area contributed by atoms with Crippen LogP contribution < -0.4 is 0 Å². The lowest BCUT2D eigenvalue weighted by atomic mass is 10.1. The number of carbonyl (C=O) groups excluding carboxylic acids is 2. The van der Waals surface area contributed by atoms with Crippen LogP contribution in [0.3, 0.4) is 0 Å². The van der Waals surface area contributed by atoms with Crippen molar-refractivity contribution in [1.29, 1.82) is 0 Å². The Hall–Kier alpha value is -2.00. The molecule has 2 aliphatic rings. The summed E-state index contributed by atoms with van der Waals surface area (Å²) in [5.74, 6) is -0.311. The highest BCUT2D eigenvalue weighted by Crippen LogP contribution is 2.20. The molecule has 2 fully saturated rings. The maximum absolute atomic E-state index is 12.9. The third kappa shape index (κ3) is 4.47. The Labute approximate surface area is 160 Å². The van der Waals surface area contributed by atoms with Crippen LogP contribution in [0.25, 0.3) is 0 Å². The Balaban J connectivity index is 1.76. The van der Waals surface area contributed by atoms with E-state index in [4.69, 9.17) is 0 Å². The normalized spacial score (nSPS) is 22.6. The lowest BCUT2D eigenvalue weighted by Crippen LogP contribution is -2.47. The molecule has 2 aliphatic heterocycles. The Bertz CT molecular complexity index is 818. The zero-order chi connectivity index (χ0) is 19.6. The molecule has 2 saturated heterocycles. The summed E-state index contributed by atoms with van der Waals surface area (Å²) < 4.78 is 23.5. The van der Waals surface area contributed by atoms with Gasteiger partial charge in [-0.2, -0.15) is 0 Å². The number of carbonyl (C=O) groups is 2. The number of piperazine rings is 1. The summed E-state index contributed by atoms with van der Waals surface area (Å²) >= 11 is 0. The molecule has 0 aromatic carbocycles. The number of likely N-dealkylation sites (N-methyl/N-ethyl adjacent to an activating group) is 1. The van der Waals surface area contributed by atoms with Gasteiger partial charge in [-0.05, 0) is 32.5 Å². The lowest BCUT2D eigenvalue weighted by Gasteiger charge is -2.32. The molecule has 148 valence electrons. The minimum atomic E-state index is -3.08. The summed E-state index contributed by atoms with van der Waals surface area (Å²) in [6.07, 6.45) is 1.93. The van der Waals surface area contributed by atoms with Gasteiger partial charge in [-0.1, -0.05) is 0 Å². The molecule has 27 heavy (non-hydrogen) atoms. The molecule has 1 aromatic rings. The Kier molecular flexibility index (Phi) is 5.81. The maximum Gasteiger partial charge on any atom is 0.272 e. The largest absolute Gasteiger partial charge is 0.335 e. The van der Waals surface area contributed by atoms with Crippen LogP contribution in [0, 0.1) is 0 Å². The highest BCUT2D eigenvalue weighted by Gasteiger charge is 2.34. The fourth-order valence-corrected chi connectivity index (χ4v) is 5.34. The summed E-state index contributed by atoms with van der Waals surface area (Å²) in [5.41, 5.74) is 0.620. The molecule has 3 rings (SSSR count). The molecule has 1 atom stereocenters. The fourth-order valence-electron chi connectivity index (χ4n) is 3.61. The first-order valence-electron chi connectivity index (χ1n) is 9.26. The highest BCUT2D eigenvalue weighted by molar-refractivity contribution is 7.91. The predicted molar refractivity (Wildman–Crippen MR) is 101 cm³/mol. The first-order chi connectivity index (χ1) is 12.8. The predicted octanol–water partition coefficient (Wildman–Crippen LogP) is 0.118. The molecule has 0 bridgehead atoms. The van der Waals surface area contributed by atoms with Crippen molar-refractivity contribution in [3.63, 3.8) is 0 Å². The highest BCUT2D eigenvalue weighted by atomic mass is 32.2. The van der Waals surface area contributed by atoms with Crippen LogP contribution >= 0.6 is 0 Å². The summed E-state index contributed by atoms with van der Waals surface area (Å²) in [5, 5.41) is 0. The van der Waals surface area contributed by atoms with Gasteiger partial charge in [0, 0.05) is 50.5 Å². The van der Waals surface area contributed by atoms with E-state index in [-0.39, 0.29) is 35.1 Å². The Morgan fingerprint density at radius 2 is 1.96 bits per heavy atom. The minimum Gasteiger partial charge on any atom is -0.335 e. The zero-order valence-corrected chi connectivity index (χ0v) is 16.6. The average Bonchev–Trinajstić information content (AvgIpc) is 3.02. The molecule has 9 heteroatoms. The van der Waals surface area contributed by atoms with Gasteiger partial charge in [-0.3, -0.25) is 14.6 Å². The van der Waals surface area contributed by atoms with Crippen molar-refractivity contribution in [1.82, 2.24) is 19.7 Å². The Morgan fingerprint density at radius 1 is 1.26 bits per heavy atom. The first kappa shape index (κ1) is 19.8. The average molecular weight is 394 g/mol. The number of hydrogen-bond acceptors (Lipinski definition) is 6. The van der Waals surface area contributed by atoms with E-state index in [1.54, 1.807) is 15.9 Å². The molecular weight excluding hydrogens is 368 g/mol. The number of aromatic nitrogens is 1. The number of pyridine rings is 1.